The maximum absolute atomic E-state index is 12.5. The Labute approximate surface area is 165 Å². The van der Waals surface area contributed by atoms with Crippen LogP contribution in [0.5, 0.6) is 0 Å². The van der Waals surface area contributed by atoms with Crippen LogP contribution in [0.3, 0.4) is 0 Å². The Hall–Kier alpha value is -3.51. The Morgan fingerprint density at radius 2 is 2.11 bits per heavy atom. The van der Waals surface area contributed by atoms with E-state index in [1.165, 1.54) is 35.6 Å². The van der Waals surface area contributed by atoms with Gasteiger partial charge in [-0.25, -0.2) is 4.79 Å². The lowest BCUT2D eigenvalue weighted by Gasteiger charge is -2.06. The lowest BCUT2D eigenvalue weighted by Crippen LogP contribution is -2.16. The Balaban J connectivity index is 2.34. The minimum atomic E-state index is -0.721. The average Bonchev–Trinajstić information content (AvgIpc) is 2.93. The van der Waals surface area contributed by atoms with Gasteiger partial charge in [0.25, 0.3) is 11.6 Å². The molecule has 2 rings (SSSR count). The van der Waals surface area contributed by atoms with E-state index < -0.39 is 16.8 Å². The molecule has 1 heterocycles. The molecule has 1 aromatic heterocycles. The Kier molecular flexibility index (Phi) is 6.63. The van der Waals surface area contributed by atoms with E-state index in [1.807, 2.05) is 6.92 Å². The Morgan fingerprint density at radius 1 is 1.39 bits per heavy atom. The number of carbonyl (C=O) groups is 2. The molecule has 0 aliphatic heterocycles. The van der Waals surface area contributed by atoms with Gasteiger partial charge in [-0.1, -0.05) is 12.1 Å². The fraction of sp³-hybridized carbons (Fsp3) is 0.211. The molecule has 0 aliphatic carbocycles. The summed E-state index contributed by atoms with van der Waals surface area (Å²) in [6.07, 6.45) is 1.25. The van der Waals surface area contributed by atoms with Crippen LogP contribution in [0.25, 0.3) is 6.08 Å². The van der Waals surface area contributed by atoms with Crippen molar-refractivity contribution in [3.8, 4) is 6.07 Å². The first-order valence-corrected chi connectivity index (χ1v) is 9.04. The predicted octanol–water partition coefficient (Wildman–Crippen LogP) is 4.00. The van der Waals surface area contributed by atoms with E-state index >= 15 is 0 Å². The number of benzene rings is 1. The molecule has 0 bridgehead atoms. The highest BCUT2D eigenvalue weighted by Gasteiger charge is 2.23. The number of nitrogens with zero attached hydrogens (tertiary/aromatic N) is 2. The van der Waals surface area contributed by atoms with Crippen LogP contribution in [-0.2, 0) is 9.53 Å². The zero-order valence-corrected chi connectivity index (χ0v) is 16.3. The van der Waals surface area contributed by atoms with E-state index in [0.717, 1.165) is 4.88 Å². The SMILES string of the molecule is CCOC(=O)c1c(NC(=O)/C(C#N)=C/c2cccc([N+](=O)[O-])c2)sc(C)c1C. The van der Waals surface area contributed by atoms with Gasteiger partial charge in [0.05, 0.1) is 17.1 Å². The van der Waals surface area contributed by atoms with Gasteiger partial charge in [0, 0.05) is 17.0 Å². The second-order valence-corrected chi connectivity index (χ2v) is 6.91. The van der Waals surface area contributed by atoms with Gasteiger partial charge in [-0.2, -0.15) is 5.26 Å². The van der Waals surface area contributed by atoms with Crippen LogP contribution < -0.4 is 5.32 Å². The molecule has 0 radical (unpaired) electrons. The zero-order chi connectivity index (χ0) is 20.8. The Morgan fingerprint density at radius 3 is 2.71 bits per heavy atom. The largest absolute Gasteiger partial charge is 0.462 e. The van der Waals surface area contributed by atoms with Crippen molar-refractivity contribution in [2.45, 2.75) is 20.8 Å². The van der Waals surface area contributed by atoms with Gasteiger partial charge in [-0.15, -0.1) is 11.3 Å². The number of hydrogen-bond donors (Lipinski definition) is 1. The maximum atomic E-state index is 12.5. The van der Waals surface area contributed by atoms with Crippen molar-refractivity contribution in [3.05, 3.63) is 61.5 Å². The number of rotatable bonds is 6. The summed E-state index contributed by atoms with van der Waals surface area (Å²) in [5, 5.41) is 23.1. The van der Waals surface area contributed by atoms with Gasteiger partial charge >= 0.3 is 5.97 Å². The Bertz CT molecular complexity index is 1020. The highest BCUT2D eigenvalue weighted by molar-refractivity contribution is 7.16. The van der Waals surface area contributed by atoms with Crippen LogP contribution in [0.1, 0.15) is 33.3 Å². The molecular formula is C19H17N3O5S. The number of amides is 1. The number of anilines is 1. The van der Waals surface area contributed by atoms with E-state index in [2.05, 4.69) is 5.32 Å². The molecule has 0 spiro atoms. The standard InChI is InChI=1S/C19H17N3O5S/c1-4-27-19(24)16-11(2)12(3)28-18(16)21-17(23)14(10-20)8-13-6-5-7-15(9-13)22(25)26/h5-9H,4H2,1-3H3,(H,21,23)/b14-8+. The lowest BCUT2D eigenvalue weighted by atomic mass is 10.1. The molecule has 8 nitrogen and oxygen atoms in total. The van der Waals surface area contributed by atoms with Gasteiger partial charge < -0.3 is 10.1 Å². The molecule has 2 aromatic rings. The molecule has 9 heteroatoms. The van der Waals surface area contributed by atoms with Crippen molar-refractivity contribution in [1.82, 2.24) is 0 Å². The fourth-order valence-corrected chi connectivity index (χ4v) is 3.42. The van der Waals surface area contributed by atoms with Crippen LogP contribution in [0.4, 0.5) is 10.7 Å². The van der Waals surface area contributed by atoms with E-state index in [1.54, 1.807) is 26.0 Å². The maximum Gasteiger partial charge on any atom is 0.341 e. The van der Waals surface area contributed by atoms with Crippen molar-refractivity contribution in [2.24, 2.45) is 0 Å². The molecule has 144 valence electrons. The number of esters is 1. The first kappa shape index (κ1) is 20.8. The third-order valence-corrected chi connectivity index (χ3v) is 4.97. The number of nitrogens with one attached hydrogen (secondary N) is 1. The summed E-state index contributed by atoms with van der Waals surface area (Å²) in [5.41, 5.74) is 0.884. The highest BCUT2D eigenvalue weighted by Crippen LogP contribution is 2.33. The molecule has 1 amide bonds. The van der Waals surface area contributed by atoms with Crippen LogP contribution in [0, 0.1) is 35.3 Å². The van der Waals surface area contributed by atoms with Crippen LogP contribution >= 0.6 is 11.3 Å². The number of carbonyl (C=O) groups excluding carboxylic acids is 2. The molecule has 0 unspecified atom stereocenters. The fourth-order valence-electron chi connectivity index (χ4n) is 2.38. The molecule has 0 saturated carbocycles. The third kappa shape index (κ3) is 4.61. The zero-order valence-electron chi connectivity index (χ0n) is 15.4. The van der Waals surface area contributed by atoms with Crippen LogP contribution in [-0.4, -0.2) is 23.4 Å². The quantitative estimate of drug-likeness (QED) is 0.258. The number of hydrogen-bond acceptors (Lipinski definition) is 7. The van der Waals surface area contributed by atoms with Gasteiger partial charge in [0.2, 0.25) is 0 Å². The second kappa shape index (κ2) is 8.92. The lowest BCUT2D eigenvalue weighted by molar-refractivity contribution is -0.384. The number of nitriles is 1. The van der Waals surface area contributed by atoms with Crippen molar-refractivity contribution < 1.29 is 19.2 Å². The highest BCUT2D eigenvalue weighted by atomic mass is 32.1. The minimum absolute atomic E-state index is 0.152. The molecule has 1 N–H and O–H groups in total. The topological polar surface area (TPSA) is 122 Å². The monoisotopic (exact) mass is 399 g/mol. The van der Waals surface area contributed by atoms with E-state index in [4.69, 9.17) is 4.74 Å². The van der Waals surface area contributed by atoms with Crippen LogP contribution in [0.2, 0.25) is 0 Å². The minimum Gasteiger partial charge on any atom is -0.462 e. The smallest absolute Gasteiger partial charge is 0.341 e. The van der Waals surface area contributed by atoms with E-state index in [9.17, 15) is 25.0 Å². The summed E-state index contributed by atoms with van der Waals surface area (Å²) in [4.78, 5) is 35.9. The summed E-state index contributed by atoms with van der Waals surface area (Å²) in [5.74, 6) is -1.28. The van der Waals surface area contributed by atoms with Crippen LogP contribution in [0.15, 0.2) is 29.8 Å². The summed E-state index contributed by atoms with van der Waals surface area (Å²) in [6, 6.07) is 7.35. The second-order valence-electron chi connectivity index (χ2n) is 5.68. The number of aryl methyl sites for hydroxylation is 1. The summed E-state index contributed by atoms with van der Waals surface area (Å²) >= 11 is 1.21. The molecule has 1 aromatic carbocycles. The van der Waals surface area contributed by atoms with Crippen molar-refractivity contribution >= 4 is 40.0 Å². The summed E-state index contributed by atoms with van der Waals surface area (Å²) < 4.78 is 5.04. The van der Waals surface area contributed by atoms with Gasteiger partial charge in [0.15, 0.2) is 0 Å². The molecule has 0 saturated heterocycles. The molecule has 0 aliphatic rings. The number of non-ortho nitro benzene ring substituents is 1. The van der Waals surface area contributed by atoms with Crippen molar-refractivity contribution in [1.29, 1.82) is 5.26 Å². The number of ether oxygens (including phenoxy) is 1. The first-order valence-electron chi connectivity index (χ1n) is 8.23. The van der Waals surface area contributed by atoms with E-state index in [0.29, 0.717) is 16.1 Å². The molecule has 0 fully saturated rings. The van der Waals surface area contributed by atoms with E-state index in [-0.39, 0.29) is 23.4 Å². The average molecular weight is 399 g/mol. The first-order chi connectivity index (χ1) is 13.3. The van der Waals surface area contributed by atoms with Crippen molar-refractivity contribution in [3.63, 3.8) is 0 Å². The number of nitro benzene ring substituents is 1. The third-order valence-electron chi connectivity index (χ3n) is 3.85. The van der Waals surface area contributed by atoms with Gasteiger partial charge in [0.1, 0.15) is 16.6 Å². The number of nitro groups is 1. The normalized spacial score (nSPS) is 10.9. The molecular weight excluding hydrogens is 382 g/mol. The summed E-state index contributed by atoms with van der Waals surface area (Å²) in [7, 11) is 0. The summed E-state index contributed by atoms with van der Waals surface area (Å²) in [6.45, 7) is 5.43. The number of thiophene rings is 1. The van der Waals surface area contributed by atoms with Gasteiger partial charge in [-0.05, 0) is 38.0 Å². The predicted molar refractivity (Wildman–Crippen MR) is 105 cm³/mol. The molecule has 0 atom stereocenters. The molecule has 28 heavy (non-hydrogen) atoms. The van der Waals surface area contributed by atoms with Crippen molar-refractivity contribution in [2.75, 3.05) is 11.9 Å². The van der Waals surface area contributed by atoms with Gasteiger partial charge in [-0.3, -0.25) is 14.9 Å².